The van der Waals surface area contributed by atoms with Crippen molar-refractivity contribution in [2.24, 2.45) is 5.92 Å². The highest BCUT2D eigenvalue weighted by Crippen LogP contribution is 2.27. The van der Waals surface area contributed by atoms with E-state index in [0.29, 0.717) is 23.0 Å². The van der Waals surface area contributed by atoms with Gasteiger partial charge in [-0.3, -0.25) is 4.79 Å². The van der Waals surface area contributed by atoms with Crippen molar-refractivity contribution in [3.63, 3.8) is 0 Å². The molecule has 0 saturated heterocycles. The van der Waals surface area contributed by atoms with E-state index in [1.165, 1.54) is 17.8 Å². The number of anilines is 1. The normalized spacial score (nSPS) is 12.5. The number of carbonyl (C=O) groups excluding carboxylic acids is 1. The Labute approximate surface area is 118 Å². The van der Waals surface area contributed by atoms with Gasteiger partial charge in [-0.1, -0.05) is 13.8 Å². The van der Waals surface area contributed by atoms with Crippen LogP contribution in [0.15, 0.2) is 23.1 Å². The van der Waals surface area contributed by atoms with Crippen molar-refractivity contribution in [1.29, 1.82) is 0 Å². The van der Waals surface area contributed by atoms with Crippen molar-refractivity contribution in [3.8, 4) is 0 Å². The summed E-state index contributed by atoms with van der Waals surface area (Å²) in [7, 11) is 0. The van der Waals surface area contributed by atoms with Crippen LogP contribution in [0.3, 0.4) is 0 Å². The van der Waals surface area contributed by atoms with Crippen LogP contribution in [-0.4, -0.2) is 17.7 Å². The molecule has 0 fully saturated rings. The lowest BCUT2D eigenvalue weighted by atomic mass is 10.1. The van der Waals surface area contributed by atoms with E-state index in [0.717, 1.165) is 6.42 Å². The summed E-state index contributed by atoms with van der Waals surface area (Å²) in [5, 5.41) is 2.53. The van der Waals surface area contributed by atoms with Gasteiger partial charge in [-0.05, 0) is 37.5 Å². The van der Waals surface area contributed by atoms with Crippen molar-refractivity contribution in [2.45, 2.75) is 37.3 Å². The Morgan fingerprint density at radius 1 is 1.42 bits per heavy atom. The summed E-state index contributed by atoms with van der Waals surface area (Å²) in [6.07, 6.45) is 0.944. The van der Waals surface area contributed by atoms with Crippen LogP contribution in [0.2, 0.25) is 0 Å². The zero-order valence-corrected chi connectivity index (χ0v) is 12.4. The van der Waals surface area contributed by atoms with E-state index in [9.17, 15) is 9.18 Å². The molecule has 3 N–H and O–H groups in total. The first-order valence-corrected chi connectivity index (χ1v) is 7.27. The topological polar surface area (TPSA) is 55.1 Å². The zero-order chi connectivity index (χ0) is 14.4. The average Bonchev–Trinajstić information content (AvgIpc) is 2.32. The average molecular weight is 284 g/mol. The molecular formula is C14H21FN2OS. The van der Waals surface area contributed by atoms with Crippen molar-refractivity contribution in [1.82, 2.24) is 5.32 Å². The van der Waals surface area contributed by atoms with Gasteiger partial charge in [-0.15, -0.1) is 11.8 Å². The molecule has 1 aromatic rings. The van der Waals surface area contributed by atoms with Crippen molar-refractivity contribution in [2.75, 3.05) is 12.3 Å². The summed E-state index contributed by atoms with van der Waals surface area (Å²) in [5.74, 6) is 0.103. The summed E-state index contributed by atoms with van der Waals surface area (Å²) in [5.41, 5.74) is 5.87. The number of amides is 1. The molecule has 0 aliphatic heterocycles. The van der Waals surface area contributed by atoms with E-state index < -0.39 is 0 Å². The minimum atomic E-state index is -0.383. The molecule has 0 spiro atoms. The third-order valence-corrected chi connectivity index (χ3v) is 3.80. The molecule has 106 valence electrons. The van der Waals surface area contributed by atoms with Gasteiger partial charge in [-0.2, -0.15) is 0 Å². The molecular weight excluding hydrogens is 263 g/mol. The van der Waals surface area contributed by atoms with Crippen molar-refractivity contribution >= 4 is 23.4 Å². The third kappa shape index (κ3) is 5.51. The monoisotopic (exact) mass is 284 g/mol. The molecule has 0 heterocycles. The summed E-state index contributed by atoms with van der Waals surface area (Å²) in [6.45, 7) is 6.64. The minimum absolute atomic E-state index is 0.0677. The molecule has 0 bridgehead atoms. The van der Waals surface area contributed by atoms with Crippen molar-refractivity contribution in [3.05, 3.63) is 24.0 Å². The molecule has 0 radical (unpaired) electrons. The molecule has 1 atom stereocenters. The number of nitrogen functional groups attached to an aromatic ring is 1. The van der Waals surface area contributed by atoms with Gasteiger partial charge >= 0.3 is 0 Å². The Kier molecular flexibility index (Phi) is 6.15. The largest absolute Gasteiger partial charge is 0.399 e. The molecule has 5 heteroatoms. The lowest BCUT2D eigenvalue weighted by molar-refractivity contribution is -0.120. The molecule has 1 aromatic carbocycles. The Morgan fingerprint density at radius 2 is 2.11 bits per heavy atom. The predicted molar refractivity (Wildman–Crippen MR) is 78.6 cm³/mol. The highest BCUT2D eigenvalue weighted by Gasteiger charge is 2.16. The van der Waals surface area contributed by atoms with Crippen LogP contribution in [0, 0.1) is 11.7 Å². The van der Waals surface area contributed by atoms with Crippen LogP contribution in [-0.2, 0) is 4.79 Å². The Balaban J connectivity index is 2.49. The van der Waals surface area contributed by atoms with E-state index in [1.54, 1.807) is 19.1 Å². The lowest BCUT2D eigenvalue weighted by Gasteiger charge is -2.13. The molecule has 0 saturated carbocycles. The molecule has 0 aliphatic carbocycles. The summed E-state index contributed by atoms with van der Waals surface area (Å²) in [4.78, 5) is 12.3. The maximum absolute atomic E-state index is 13.6. The standard InChI is InChI=1S/C14H21FN2OS/c1-9(2)6-7-17-14(18)10(3)19-13-5-4-11(16)8-12(13)15/h4-5,8-10H,6-7,16H2,1-3H3,(H,17,18). The number of nitrogens with one attached hydrogen (secondary N) is 1. The minimum Gasteiger partial charge on any atom is -0.399 e. The summed E-state index contributed by atoms with van der Waals surface area (Å²) >= 11 is 1.20. The molecule has 19 heavy (non-hydrogen) atoms. The fourth-order valence-corrected chi connectivity index (χ4v) is 2.37. The van der Waals surface area contributed by atoms with Crippen molar-refractivity contribution < 1.29 is 9.18 Å². The smallest absolute Gasteiger partial charge is 0.233 e. The number of nitrogens with two attached hydrogens (primary N) is 1. The van der Waals surface area contributed by atoms with Crippen LogP contribution in [0.1, 0.15) is 27.2 Å². The van der Waals surface area contributed by atoms with E-state index in [4.69, 9.17) is 5.73 Å². The van der Waals surface area contributed by atoms with Crippen LogP contribution < -0.4 is 11.1 Å². The van der Waals surface area contributed by atoms with Gasteiger partial charge in [0.25, 0.3) is 0 Å². The van der Waals surface area contributed by atoms with Gasteiger partial charge in [0, 0.05) is 17.1 Å². The second kappa shape index (κ2) is 7.38. The number of rotatable bonds is 6. The molecule has 1 rings (SSSR count). The Morgan fingerprint density at radius 3 is 2.68 bits per heavy atom. The SMILES string of the molecule is CC(C)CCNC(=O)C(C)Sc1ccc(N)cc1F. The number of hydrogen-bond donors (Lipinski definition) is 2. The second-order valence-electron chi connectivity index (χ2n) is 4.92. The number of thioether (sulfide) groups is 1. The first kappa shape index (κ1) is 15.8. The van der Waals surface area contributed by atoms with E-state index in [2.05, 4.69) is 19.2 Å². The quantitative estimate of drug-likeness (QED) is 0.623. The summed E-state index contributed by atoms with van der Waals surface area (Å²) < 4.78 is 13.6. The second-order valence-corrected chi connectivity index (χ2v) is 6.31. The van der Waals surface area contributed by atoms with E-state index in [1.807, 2.05) is 0 Å². The predicted octanol–water partition coefficient (Wildman–Crippen LogP) is 3.05. The number of benzene rings is 1. The first-order chi connectivity index (χ1) is 8.90. The molecule has 0 aliphatic rings. The zero-order valence-electron chi connectivity index (χ0n) is 11.6. The number of halogens is 1. The Hall–Kier alpha value is -1.23. The van der Waals surface area contributed by atoms with Gasteiger partial charge in [0.05, 0.1) is 5.25 Å². The molecule has 0 aromatic heterocycles. The van der Waals surface area contributed by atoms with Gasteiger partial charge in [-0.25, -0.2) is 4.39 Å². The molecule has 1 unspecified atom stereocenters. The molecule has 3 nitrogen and oxygen atoms in total. The van der Waals surface area contributed by atoms with Gasteiger partial charge < -0.3 is 11.1 Å². The number of hydrogen-bond acceptors (Lipinski definition) is 3. The first-order valence-electron chi connectivity index (χ1n) is 6.39. The van der Waals surface area contributed by atoms with Gasteiger partial charge in [0.15, 0.2) is 0 Å². The maximum Gasteiger partial charge on any atom is 0.233 e. The van der Waals surface area contributed by atoms with Gasteiger partial charge in [0.2, 0.25) is 5.91 Å². The Bertz CT molecular complexity index is 437. The number of carbonyl (C=O) groups is 1. The summed E-state index contributed by atoms with van der Waals surface area (Å²) in [6, 6.07) is 4.51. The highest BCUT2D eigenvalue weighted by atomic mass is 32.2. The third-order valence-electron chi connectivity index (χ3n) is 2.65. The fraction of sp³-hybridized carbons (Fsp3) is 0.500. The van der Waals surface area contributed by atoms with Crippen LogP contribution >= 0.6 is 11.8 Å². The lowest BCUT2D eigenvalue weighted by Crippen LogP contribution is -2.32. The fourth-order valence-electron chi connectivity index (χ4n) is 1.48. The molecule has 1 amide bonds. The highest BCUT2D eigenvalue weighted by molar-refractivity contribution is 8.00. The van der Waals surface area contributed by atoms with Crippen LogP contribution in [0.25, 0.3) is 0 Å². The van der Waals surface area contributed by atoms with Crippen LogP contribution in [0.4, 0.5) is 10.1 Å². The van der Waals surface area contributed by atoms with E-state index in [-0.39, 0.29) is 17.0 Å². The van der Waals surface area contributed by atoms with E-state index >= 15 is 0 Å². The maximum atomic E-state index is 13.6. The van der Waals surface area contributed by atoms with Crippen LogP contribution in [0.5, 0.6) is 0 Å². The van der Waals surface area contributed by atoms with Gasteiger partial charge in [0.1, 0.15) is 5.82 Å².